The van der Waals surface area contributed by atoms with Crippen LogP contribution in [0.3, 0.4) is 0 Å². The van der Waals surface area contributed by atoms with Crippen molar-refractivity contribution in [3.05, 3.63) is 41.5 Å². The van der Waals surface area contributed by atoms with Crippen LogP contribution in [0.2, 0.25) is 0 Å². The number of nitrogen functional groups attached to an aromatic ring is 2. The van der Waals surface area contributed by atoms with Crippen LogP contribution in [0.1, 0.15) is 30.9 Å². The number of nitrogens with two attached hydrogens (primary N) is 2. The number of aromatic nitrogens is 1. The van der Waals surface area contributed by atoms with Gasteiger partial charge in [0.05, 0.1) is 0 Å². The molecule has 3 aromatic rings. The SMILES string of the molecule is Cc1cc(N)ccc1-c1nc2cc(N)cc(C(C)C)c2o1. The standard InChI is InChI=1S/C17H19N3O/c1-9(2)14-7-12(19)8-15-16(14)21-17(20-15)13-5-4-11(18)6-10(13)3/h4-9H,18-19H2,1-3H3. The summed E-state index contributed by atoms with van der Waals surface area (Å²) < 4.78 is 6.01. The zero-order chi connectivity index (χ0) is 15.1. The minimum Gasteiger partial charge on any atom is -0.436 e. The van der Waals surface area contributed by atoms with E-state index in [2.05, 4.69) is 18.8 Å². The second kappa shape index (κ2) is 4.81. The van der Waals surface area contributed by atoms with Gasteiger partial charge in [-0.05, 0) is 48.7 Å². The second-order valence-corrected chi connectivity index (χ2v) is 5.71. The second-order valence-electron chi connectivity index (χ2n) is 5.71. The summed E-state index contributed by atoms with van der Waals surface area (Å²) in [5.41, 5.74) is 17.9. The molecule has 1 aromatic heterocycles. The molecule has 0 unspecified atom stereocenters. The maximum atomic E-state index is 6.01. The Morgan fingerprint density at radius 3 is 2.48 bits per heavy atom. The zero-order valence-corrected chi connectivity index (χ0v) is 12.5. The first-order valence-electron chi connectivity index (χ1n) is 7.02. The summed E-state index contributed by atoms with van der Waals surface area (Å²) >= 11 is 0. The predicted octanol–water partition coefficient (Wildman–Crippen LogP) is 4.09. The molecule has 0 aliphatic heterocycles. The van der Waals surface area contributed by atoms with E-state index in [4.69, 9.17) is 15.9 Å². The molecule has 0 spiro atoms. The Bertz CT molecular complexity index is 818. The minimum absolute atomic E-state index is 0.323. The minimum atomic E-state index is 0.323. The van der Waals surface area contributed by atoms with Crippen LogP contribution in [0.15, 0.2) is 34.7 Å². The number of rotatable bonds is 2. The molecule has 4 heteroatoms. The van der Waals surface area contributed by atoms with Crippen molar-refractivity contribution in [3.63, 3.8) is 0 Å². The number of oxazole rings is 1. The van der Waals surface area contributed by atoms with Gasteiger partial charge in [0.25, 0.3) is 0 Å². The number of hydrogen-bond donors (Lipinski definition) is 2. The smallest absolute Gasteiger partial charge is 0.227 e. The molecule has 0 aliphatic rings. The van der Waals surface area contributed by atoms with E-state index in [-0.39, 0.29) is 0 Å². The lowest BCUT2D eigenvalue weighted by Crippen LogP contribution is -1.92. The molecule has 0 atom stereocenters. The summed E-state index contributed by atoms with van der Waals surface area (Å²) in [4.78, 5) is 4.59. The van der Waals surface area contributed by atoms with Crippen molar-refractivity contribution in [1.82, 2.24) is 4.98 Å². The number of benzene rings is 2. The Morgan fingerprint density at radius 2 is 1.81 bits per heavy atom. The van der Waals surface area contributed by atoms with Crippen LogP contribution in [0.25, 0.3) is 22.6 Å². The van der Waals surface area contributed by atoms with E-state index in [0.717, 1.165) is 33.5 Å². The van der Waals surface area contributed by atoms with Crippen LogP contribution in [-0.2, 0) is 0 Å². The first-order valence-corrected chi connectivity index (χ1v) is 7.02. The van der Waals surface area contributed by atoms with Gasteiger partial charge in [0, 0.05) is 22.5 Å². The highest BCUT2D eigenvalue weighted by Crippen LogP contribution is 2.33. The molecule has 108 valence electrons. The van der Waals surface area contributed by atoms with E-state index < -0.39 is 0 Å². The molecule has 0 amide bonds. The lowest BCUT2D eigenvalue weighted by molar-refractivity contribution is 0.611. The Balaban J connectivity index is 2.23. The zero-order valence-electron chi connectivity index (χ0n) is 12.5. The molecule has 2 aromatic carbocycles. The van der Waals surface area contributed by atoms with Crippen molar-refractivity contribution in [1.29, 1.82) is 0 Å². The van der Waals surface area contributed by atoms with Crippen LogP contribution >= 0.6 is 0 Å². The van der Waals surface area contributed by atoms with E-state index in [0.29, 0.717) is 17.5 Å². The molecule has 0 saturated carbocycles. The lowest BCUT2D eigenvalue weighted by atomic mass is 10.0. The van der Waals surface area contributed by atoms with Gasteiger partial charge in [0.2, 0.25) is 5.89 Å². The largest absolute Gasteiger partial charge is 0.436 e. The topological polar surface area (TPSA) is 78.1 Å². The molecule has 1 heterocycles. The molecule has 0 saturated heterocycles. The fourth-order valence-electron chi connectivity index (χ4n) is 2.55. The Labute approximate surface area is 123 Å². The monoisotopic (exact) mass is 281 g/mol. The third-order valence-corrected chi connectivity index (χ3v) is 3.64. The van der Waals surface area contributed by atoms with Gasteiger partial charge in [-0.1, -0.05) is 13.8 Å². The summed E-state index contributed by atoms with van der Waals surface area (Å²) in [6.45, 7) is 6.23. The molecule has 4 N–H and O–H groups in total. The number of anilines is 2. The molecule has 0 bridgehead atoms. The van der Waals surface area contributed by atoms with Crippen LogP contribution in [0.4, 0.5) is 11.4 Å². The first-order chi connectivity index (χ1) is 9.95. The van der Waals surface area contributed by atoms with E-state index >= 15 is 0 Å². The number of aryl methyl sites for hydroxylation is 1. The fourth-order valence-corrected chi connectivity index (χ4v) is 2.55. The van der Waals surface area contributed by atoms with Gasteiger partial charge >= 0.3 is 0 Å². The van der Waals surface area contributed by atoms with Gasteiger partial charge in [-0.3, -0.25) is 0 Å². The van der Waals surface area contributed by atoms with Crippen molar-refractivity contribution < 1.29 is 4.42 Å². The normalized spacial score (nSPS) is 11.4. The van der Waals surface area contributed by atoms with Crippen molar-refractivity contribution in [2.75, 3.05) is 11.5 Å². The lowest BCUT2D eigenvalue weighted by Gasteiger charge is -2.06. The van der Waals surface area contributed by atoms with Crippen molar-refractivity contribution in [3.8, 4) is 11.5 Å². The van der Waals surface area contributed by atoms with Crippen LogP contribution in [0.5, 0.6) is 0 Å². The number of hydrogen-bond acceptors (Lipinski definition) is 4. The molecule has 3 rings (SSSR count). The van der Waals surface area contributed by atoms with Crippen molar-refractivity contribution in [2.24, 2.45) is 0 Å². The van der Waals surface area contributed by atoms with E-state index in [1.807, 2.05) is 37.3 Å². The third-order valence-electron chi connectivity index (χ3n) is 3.64. The number of fused-ring (bicyclic) bond motifs is 1. The summed E-state index contributed by atoms with van der Waals surface area (Å²) in [6, 6.07) is 9.52. The van der Waals surface area contributed by atoms with E-state index in [1.54, 1.807) is 0 Å². The molecule has 0 radical (unpaired) electrons. The maximum Gasteiger partial charge on any atom is 0.227 e. The third kappa shape index (κ3) is 2.33. The Kier molecular flexibility index (Phi) is 3.09. The highest BCUT2D eigenvalue weighted by Gasteiger charge is 2.16. The predicted molar refractivity (Wildman–Crippen MR) is 87.1 cm³/mol. The summed E-state index contributed by atoms with van der Waals surface area (Å²) in [5.74, 6) is 0.930. The van der Waals surface area contributed by atoms with Crippen LogP contribution in [-0.4, -0.2) is 4.98 Å². The van der Waals surface area contributed by atoms with Crippen molar-refractivity contribution in [2.45, 2.75) is 26.7 Å². The summed E-state index contributed by atoms with van der Waals surface area (Å²) in [6.07, 6.45) is 0. The van der Waals surface area contributed by atoms with Gasteiger partial charge in [0.1, 0.15) is 5.52 Å². The van der Waals surface area contributed by atoms with Crippen LogP contribution in [0, 0.1) is 6.92 Å². The van der Waals surface area contributed by atoms with Crippen molar-refractivity contribution >= 4 is 22.5 Å². The Morgan fingerprint density at radius 1 is 1.05 bits per heavy atom. The molecular formula is C17H19N3O. The van der Waals surface area contributed by atoms with Gasteiger partial charge in [-0.15, -0.1) is 0 Å². The molecule has 0 aliphatic carbocycles. The fraction of sp³-hybridized carbons (Fsp3) is 0.235. The average Bonchev–Trinajstić information content (AvgIpc) is 2.80. The highest BCUT2D eigenvalue weighted by atomic mass is 16.3. The highest BCUT2D eigenvalue weighted by molar-refractivity contribution is 5.83. The van der Waals surface area contributed by atoms with Gasteiger partial charge < -0.3 is 15.9 Å². The maximum absolute atomic E-state index is 6.01. The van der Waals surface area contributed by atoms with Gasteiger partial charge in [-0.2, -0.15) is 0 Å². The number of nitrogens with zero attached hydrogens (tertiary/aromatic N) is 1. The van der Waals surface area contributed by atoms with E-state index in [1.165, 1.54) is 0 Å². The van der Waals surface area contributed by atoms with Gasteiger partial charge in [0.15, 0.2) is 5.58 Å². The summed E-state index contributed by atoms with van der Waals surface area (Å²) in [5, 5.41) is 0. The quantitative estimate of drug-likeness (QED) is 0.693. The van der Waals surface area contributed by atoms with Crippen LogP contribution < -0.4 is 11.5 Å². The molecular weight excluding hydrogens is 262 g/mol. The molecule has 0 fully saturated rings. The first kappa shape index (κ1) is 13.5. The van der Waals surface area contributed by atoms with E-state index in [9.17, 15) is 0 Å². The molecule has 21 heavy (non-hydrogen) atoms. The summed E-state index contributed by atoms with van der Waals surface area (Å²) in [7, 11) is 0. The Hall–Kier alpha value is -2.49. The molecule has 4 nitrogen and oxygen atoms in total. The van der Waals surface area contributed by atoms with Gasteiger partial charge in [-0.25, -0.2) is 4.98 Å². The average molecular weight is 281 g/mol.